The molecule has 0 radical (unpaired) electrons. The second kappa shape index (κ2) is 6.05. The van der Waals surface area contributed by atoms with Crippen LogP contribution in [-0.2, 0) is 0 Å². The third-order valence-corrected chi connectivity index (χ3v) is 3.02. The van der Waals surface area contributed by atoms with Crippen molar-refractivity contribution in [1.29, 1.82) is 0 Å². The molecular weight excluding hydrogens is 218 g/mol. The molecule has 0 aliphatic carbocycles. The van der Waals surface area contributed by atoms with Gasteiger partial charge in [0.15, 0.2) is 0 Å². The minimum atomic E-state index is -0.0543. The number of benzene rings is 2. The lowest BCUT2D eigenvalue weighted by atomic mass is 10.0. The molecule has 0 spiro atoms. The SMILES string of the molecule is C#CC(NC(C)c1ccccc1)c1ccccc1. The van der Waals surface area contributed by atoms with E-state index in [1.54, 1.807) is 0 Å². The summed E-state index contributed by atoms with van der Waals surface area (Å²) in [4.78, 5) is 0. The Morgan fingerprint density at radius 2 is 1.39 bits per heavy atom. The van der Waals surface area contributed by atoms with E-state index in [-0.39, 0.29) is 12.1 Å². The second-order valence-electron chi connectivity index (χ2n) is 4.31. The van der Waals surface area contributed by atoms with Gasteiger partial charge in [0.1, 0.15) is 0 Å². The molecule has 1 N–H and O–H groups in total. The van der Waals surface area contributed by atoms with Crippen molar-refractivity contribution in [2.75, 3.05) is 0 Å². The van der Waals surface area contributed by atoms with Gasteiger partial charge in [0, 0.05) is 6.04 Å². The number of hydrogen-bond donors (Lipinski definition) is 1. The van der Waals surface area contributed by atoms with Gasteiger partial charge >= 0.3 is 0 Å². The fourth-order valence-electron chi connectivity index (χ4n) is 1.97. The van der Waals surface area contributed by atoms with Crippen molar-refractivity contribution < 1.29 is 0 Å². The third kappa shape index (κ3) is 3.00. The summed E-state index contributed by atoms with van der Waals surface area (Å²) in [5.41, 5.74) is 2.37. The highest BCUT2D eigenvalue weighted by Crippen LogP contribution is 2.18. The fourth-order valence-corrected chi connectivity index (χ4v) is 1.97. The molecule has 0 amide bonds. The van der Waals surface area contributed by atoms with E-state index in [0.717, 1.165) is 5.56 Å². The molecule has 2 aromatic rings. The molecule has 2 atom stereocenters. The molecular formula is C17H17N. The van der Waals surface area contributed by atoms with E-state index in [1.807, 2.05) is 36.4 Å². The number of hydrogen-bond acceptors (Lipinski definition) is 1. The van der Waals surface area contributed by atoms with Crippen molar-refractivity contribution in [3.05, 3.63) is 71.8 Å². The van der Waals surface area contributed by atoms with E-state index < -0.39 is 0 Å². The van der Waals surface area contributed by atoms with Crippen LogP contribution in [0.4, 0.5) is 0 Å². The van der Waals surface area contributed by atoms with E-state index in [0.29, 0.717) is 0 Å². The summed E-state index contributed by atoms with van der Waals surface area (Å²) < 4.78 is 0. The van der Waals surface area contributed by atoms with Crippen LogP contribution in [0.15, 0.2) is 60.7 Å². The standard InChI is InChI=1S/C17H17N/c1-3-17(16-12-8-5-9-13-16)18-14(2)15-10-6-4-7-11-15/h1,4-14,17-18H,2H3. The van der Waals surface area contributed by atoms with Crippen LogP contribution < -0.4 is 5.32 Å². The van der Waals surface area contributed by atoms with Gasteiger partial charge in [-0.3, -0.25) is 5.32 Å². The first kappa shape index (κ1) is 12.4. The molecule has 0 aliphatic rings. The topological polar surface area (TPSA) is 12.0 Å². The van der Waals surface area contributed by atoms with Gasteiger partial charge in [-0.25, -0.2) is 0 Å². The van der Waals surface area contributed by atoms with Crippen LogP contribution >= 0.6 is 0 Å². The minimum absolute atomic E-state index is 0.0543. The highest BCUT2D eigenvalue weighted by Gasteiger charge is 2.12. The molecule has 0 saturated carbocycles. The Hall–Kier alpha value is -2.04. The first-order valence-corrected chi connectivity index (χ1v) is 6.13. The summed E-state index contributed by atoms with van der Waals surface area (Å²) in [6.45, 7) is 2.13. The molecule has 2 aromatic carbocycles. The molecule has 18 heavy (non-hydrogen) atoms. The molecule has 0 bridgehead atoms. The van der Waals surface area contributed by atoms with E-state index in [4.69, 9.17) is 6.42 Å². The number of rotatable bonds is 4. The van der Waals surface area contributed by atoms with Gasteiger partial charge in [-0.15, -0.1) is 6.42 Å². The van der Waals surface area contributed by atoms with E-state index >= 15 is 0 Å². The lowest BCUT2D eigenvalue weighted by molar-refractivity contribution is 0.537. The maximum atomic E-state index is 5.62. The van der Waals surface area contributed by atoms with Gasteiger partial charge in [-0.1, -0.05) is 66.6 Å². The van der Waals surface area contributed by atoms with Crippen LogP contribution in [0.2, 0.25) is 0 Å². The van der Waals surface area contributed by atoms with Gasteiger partial charge < -0.3 is 0 Å². The molecule has 2 rings (SSSR count). The highest BCUT2D eigenvalue weighted by molar-refractivity contribution is 5.27. The van der Waals surface area contributed by atoms with E-state index in [1.165, 1.54) is 5.56 Å². The van der Waals surface area contributed by atoms with Crippen molar-refractivity contribution in [2.24, 2.45) is 0 Å². The molecule has 0 aliphatic heterocycles. The minimum Gasteiger partial charge on any atom is -0.293 e. The summed E-state index contributed by atoms with van der Waals surface area (Å²) in [5.74, 6) is 2.81. The molecule has 0 heterocycles. The van der Waals surface area contributed by atoms with Crippen molar-refractivity contribution in [3.8, 4) is 12.3 Å². The van der Waals surface area contributed by atoms with Gasteiger partial charge in [0.2, 0.25) is 0 Å². The quantitative estimate of drug-likeness (QED) is 0.797. The number of terminal acetylenes is 1. The van der Waals surface area contributed by atoms with Crippen LogP contribution in [0.3, 0.4) is 0 Å². The van der Waals surface area contributed by atoms with Crippen LogP contribution in [-0.4, -0.2) is 0 Å². The lowest BCUT2D eigenvalue weighted by Gasteiger charge is -2.20. The molecule has 1 nitrogen and oxygen atoms in total. The van der Waals surface area contributed by atoms with Crippen molar-refractivity contribution >= 4 is 0 Å². The maximum Gasteiger partial charge on any atom is 0.0947 e. The van der Waals surface area contributed by atoms with E-state index in [9.17, 15) is 0 Å². The predicted octanol–water partition coefficient (Wildman–Crippen LogP) is 3.71. The summed E-state index contributed by atoms with van der Waals surface area (Å²) in [6.07, 6.45) is 5.62. The largest absolute Gasteiger partial charge is 0.293 e. The Morgan fingerprint density at radius 3 is 1.89 bits per heavy atom. The molecule has 90 valence electrons. The average Bonchev–Trinajstić information content (AvgIpc) is 2.46. The first-order chi connectivity index (χ1) is 8.81. The van der Waals surface area contributed by atoms with Crippen LogP contribution in [0.5, 0.6) is 0 Å². The maximum absolute atomic E-state index is 5.62. The zero-order valence-corrected chi connectivity index (χ0v) is 10.5. The molecule has 0 fully saturated rings. The van der Waals surface area contributed by atoms with Gasteiger partial charge in [0.25, 0.3) is 0 Å². The highest BCUT2D eigenvalue weighted by atomic mass is 14.9. The Kier molecular flexibility index (Phi) is 4.17. The lowest BCUT2D eigenvalue weighted by Crippen LogP contribution is -2.23. The Balaban J connectivity index is 2.11. The van der Waals surface area contributed by atoms with E-state index in [2.05, 4.69) is 42.4 Å². The van der Waals surface area contributed by atoms with Crippen molar-refractivity contribution in [3.63, 3.8) is 0 Å². The second-order valence-corrected chi connectivity index (χ2v) is 4.31. The molecule has 0 saturated heterocycles. The Bertz CT molecular complexity index is 510. The summed E-state index contributed by atoms with van der Waals surface area (Å²) in [5, 5.41) is 3.46. The van der Waals surface area contributed by atoms with Crippen molar-refractivity contribution in [2.45, 2.75) is 19.0 Å². The average molecular weight is 235 g/mol. The summed E-state index contributed by atoms with van der Waals surface area (Å²) >= 11 is 0. The summed E-state index contributed by atoms with van der Waals surface area (Å²) in [6, 6.07) is 20.6. The zero-order chi connectivity index (χ0) is 12.8. The monoisotopic (exact) mass is 235 g/mol. The Morgan fingerprint density at radius 1 is 0.889 bits per heavy atom. The van der Waals surface area contributed by atoms with Crippen molar-refractivity contribution in [1.82, 2.24) is 5.32 Å². The van der Waals surface area contributed by atoms with Crippen LogP contribution in [0.1, 0.15) is 30.1 Å². The third-order valence-electron chi connectivity index (χ3n) is 3.02. The zero-order valence-electron chi connectivity index (χ0n) is 10.5. The van der Waals surface area contributed by atoms with Gasteiger partial charge in [0.05, 0.1) is 6.04 Å². The number of nitrogens with one attached hydrogen (secondary N) is 1. The summed E-state index contributed by atoms with van der Waals surface area (Å²) in [7, 11) is 0. The predicted molar refractivity (Wildman–Crippen MR) is 76.0 cm³/mol. The molecule has 0 aromatic heterocycles. The fraction of sp³-hybridized carbons (Fsp3) is 0.176. The van der Waals surface area contributed by atoms with Gasteiger partial charge in [-0.05, 0) is 18.1 Å². The van der Waals surface area contributed by atoms with Crippen LogP contribution in [0.25, 0.3) is 0 Å². The Labute approximate surface area is 109 Å². The molecule has 1 heteroatoms. The first-order valence-electron chi connectivity index (χ1n) is 6.13. The molecule has 2 unspecified atom stereocenters. The normalized spacial score (nSPS) is 13.6. The smallest absolute Gasteiger partial charge is 0.0947 e. The van der Waals surface area contributed by atoms with Gasteiger partial charge in [-0.2, -0.15) is 0 Å². The van der Waals surface area contributed by atoms with Crippen LogP contribution in [0, 0.1) is 12.3 Å².